The van der Waals surface area contributed by atoms with Crippen LogP contribution in [0.2, 0.25) is 5.02 Å². The molecule has 2 aromatic carbocycles. The summed E-state index contributed by atoms with van der Waals surface area (Å²) < 4.78 is 33.6. The number of nitrogens with zero attached hydrogens (tertiary/aromatic N) is 2. The lowest BCUT2D eigenvalue weighted by atomic mass is 10.2. The zero-order chi connectivity index (χ0) is 25.3. The number of halogens is 1. The molecule has 0 fully saturated rings. The van der Waals surface area contributed by atoms with E-state index in [1.54, 1.807) is 16.2 Å². The molecule has 0 aliphatic heterocycles. The summed E-state index contributed by atoms with van der Waals surface area (Å²) in [6.07, 6.45) is 0.483. The van der Waals surface area contributed by atoms with Crippen molar-refractivity contribution in [2.45, 2.75) is 38.3 Å². The molecule has 188 valence electrons. The molecule has 1 aromatic heterocycles. The van der Waals surface area contributed by atoms with Gasteiger partial charge in [-0.3, -0.25) is 4.79 Å². The number of hydrogen-bond acceptors (Lipinski definition) is 5. The fourth-order valence-corrected chi connectivity index (χ4v) is 6.03. The summed E-state index contributed by atoms with van der Waals surface area (Å²) in [4.78, 5) is 17.6. The second-order valence-electron chi connectivity index (χ2n) is 8.09. The van der Waals surface area contributed by atoms with Gasteiger partial charge in [0.2, 0.25) is 15.9 Å². The van der Waals surface area contributed by atoms with E-state index in [0.29, 0.717) is 37.7 Å². The number of sulfonamides is 1. The molecule has 0 radical (unpaired) electrons. The van der Waals surface area contributed by atoms with Crippen molar-refractivity contribution < 1.29 is 17.9 Å². The standard InChI is InChI=1S/C26H31ClN2O4S2/c1-3-33-17-7-16-29(35(31,32)25-14-11-23(27)12-15-25)20-26(30)28(18-22-8-5-4-6-9-22)19-24-13-10-21(2)34-24/h4-6,8-15H,3,7,16-20H2,1-2H3. The highest BCUT2D eigenvalue weighted by atomic mass is 35.5. The number of ether oxygens (including phenoxy) is 1. The lowest BCUT2D eigenvalue weighted by Gasteiger charge is -2.27. The number of rotatable bonds is 13. The molecule has 0 atom stereocenters. The largest absolute Gasteiger partial charge is 0.382 e. The summed E-state index contributed by atoms with van der Waals surface area (Å²) in [7, 11) is -3.90. The van der Waals surface area contributed by atoms with Crippen LogP contribution in [0.5, 0.6) is 0 Å². The van der Waals surface area contributed by atoms with Gasteiger partial charge in [0.25, 0.3) is 0 Å². The van der Waals surface area contributed by atoms with Crippen molar-refractivity contribution in [3.8, 4) is 0 Å². The lowest BCUT2D eigenvalue weighted by Crippen LogP contribution is -2.43. The molecule has 35 heavy (non-hydrogen) atoms. The highest BCUT2D eigenvalue weighted by Gasteiger charge is 2.28. The van der Waals surface area contributed by atoms with Crippen LogP contribution in [-0.2, 0) is 32.6 Å². The van der Waals surface area contributed by atoms with Crippen LogP contribution in [-0.4, -0.2) is 49.8 Å². The smallest absolute Gasteiger partial charge is 0.243 e. The molecule has 6 nitrogen and oxygen atoms in total. The van der Waals surface area contributed by atoms with Crippen molar-refractivity contribution in [1.82, 2.24) is 9.21 Å². The maximum Gasteiger partial charge on any atom is 0.243 e. The van der Waals surface area contributed by atoms with Crippen LogP contribution in [0.15, 0.2) is 71.6 Å². The number of carbonyl (C=O) groups excluding carboxylic acids is 1. The Hall–Kier alpha value is -2.23. The van der Waals surface area contributed by atoms with Crippen molar-refractivity contribution in [3.63, 3.8) is 0 Å². The second kappa shape index (κ2) is 13.2. The molecule has 0 aliphatic rings. The highest BCUT2D eigenvalue weighted by Crippen LogP contribution is 2.22. The van der Waals surface area contributed by atoms with Gasteiger partial charge in [-0.25, -0.2) is 8.42 Å². The van der Waals surface area contributed by atoms with E-state index in [1.165, 1.54) is 28.6 Å². The Kier molecular flexibility index (Phi) is 10.3. The summed E-state index contributed by atoms with van der Waals surface area (Å²) in [5, 5.41) is 0.447. The molecule has 0 bridgehead atoms. The van der Waals surface area contributed by atoms with Gasteiger partial charge in [-0.1, -0.05) is 41.9 Å². The van der Waals surface area contributed by atoms with Crippen LogP contribution in [0.25, 0.3) is 0 Å². The Balaban J connectivity index is 1.84. The van der Waals surface area contributed by atoms with Gasteiger partial charge >= 0.3 is 0 Å². The summed E-state index contributed by atoms with van der Waals surface area (Å²) >= 11 is 7.59. The number of amides is 1. The number of aryl methyl sites for hydroxylation is 1. The zero-order valence-electron chi connectivity index (χ0n) is 20.0. The molecule has 0 aliphatic carbocycles. The molecule has 0 saturated carbocycles. The molecule has 0 saturated heterocycles. The predicted molar refractivity (Wildman–Crippen MR) is 141 cm³/mol. The van der Waals surface area contributed by atoms with E-state index in [0.717, 1.165) is 15.3 Å². The third-order valence-electron chi connectivity index (χ3n) is 5.38. The third-order valence-corrected chi connectivity index (χ3v) is 8.47. The monoisotopic (exact) mass is 534 g/mol. The first-order valence-corrected chi connectivity index (χ1v) is 14.1. The van der Waals surface area contributed by atoms with E-state index in [4.69, 9.17) is 16.3 Å². The average molecular weight is 535 g/mol. The number of hydrogen-bond donors (Lipinski definition) is 0. The van der Waals surface area contributed by atoms with E-state index < -0.39 is 10.0 Å². The van der Waals surface area contributed by atoms with Crippen LogP contribution in [0.4, 0.5) is 0 Å². The zero-order valence-corrected chi connectivity index (χ0v) is 22.4. The fraction of sp³-hybridized carbons (Fsp3) is 0.346. The first kappa shape index (κ1) is 27.4. The maximum atomic E-state index is 13.6. The minimum atomic E-state index is -3.90. The van der Waals surface area contributed by atoms with E-state index in [9.17, 15) is 13.2 Å². The Bertz CT molecular complexity index is 1180. The Labute approximate surface area is 217 Å². The minimum absolute atomic E-state index is 0.106. The number of carbonyl (C=O) groups is 1. The normalized spacial score (nSPS) is 11.7. The number of thiophene rings is 1. The summed E-state index contributed by atoms with van der Waals surface area (Å²) in [5.74, 6) is -0.256. The van der Waals surface area contributed by atoms with Crippen molar-refractivity contribution in [3.05, 3.63) is 87.1 Å². The van der Waals surface area contributed by atoms with Crippen LogP contribution in [0, 0.1) is 6.92 Å². The van der Waals surface area contributed by atoms with Gasteiger partial charge in [0, 0.05) is 41.1 Å². The molecule has 9 heteroatoms. The van der Waals surface area contributed by atoms with Gasteiger partial charge < -0.3 is 9.64 Å². The summed E-state index contributed by atoms with van der Waals surface area (Å²) in [6, 6.07) is 19.8. The first-order chi connectivity index (χ1) is 16.8. The highest BCUT2D eigenvalue weighted by molar-refractivity contribution is 7.89. The fourth-order valence-electron chi connectivity index (χ4n) is 3.57. The quantitative estimate of drug-likeness (QED) is 0.277. The van der Waals surface area contributed by atoms with E-state index in [-0.39, 0.29) is 23.9 Å². The Morgan fingerprint density at radius 2 is 1.71 bits per heavy atom. The summed E-state index contributed by atoms with van der Waals surface area (Å²) in [5.41, 5.74) is 0.984. The van der Waals surface area contributed by atoms with E-state index >= 15 is 0 Å². The Morgan fingerprint density at radius 1 is 1.00 bits per heavy atom. The van der Waals surface area contributed by atoms with Crippen molar-refractivity contribution >= 4 is 38.9 Å². The van der Waals surface area contributed by atoms with E-state index in [2.05, 4.69) is 0 Å². The van der Waals surface area contributed by atoms with Gasteiger partial charge in [-0.15, -0.1) is 11.3 Å². The second-order valence-corrected chi connectivity index (χ2v) is 11.8. The molecule has 1 amide bonds. The van der Waals surface area contributed by atoms with Crippen molar-refractivity contribution in [1.29, 1.82) is 0 Å². The third kappa shape index (κ3) is 8.15. The van der Waals surface area contributed by atoms with Crippen molar-refractivity contribution in [2.24, 2.45) is 0 Å². The van der Waals surface area contributed by atoms with Gasteiger partial charge in [0.15, 0.2) is 0 Å². The van der Waals surface area contributed by atoms with Crippen LogP contribution in [0.3, 0.4) is 0 Å². The van der Waals surface area contributed by atoms with Gasteiger partial charge in [0.05, 0.1) is 18.0 Å². The van der Waals surface area contributed by atoms with Gasteiger partial charge in [-0.05, 0) is 62.2 Å². The Morgan fingerprint density at radius 3 is 2.34 bits per heavy atom. The predicted octanol–water partition coefficient (Wildman–Crippen LogP) is 5.36. The van der Waals surface area contributed by atoms with Gasteiger partial charge in [0.1, 0.15) is 0 Å². The minimum Gasteiger partial charge on any atom is -0.382 e. The molecular weight excluding hydrogens is 504 g/mol. The lowest BCUT2D eigenvalue weighted by molar-refractivity contribution is -0.132. The average Bonchev–Trinajstić information content (AvgIpc) is 3.26. The molecule has 1 heterocycles. The molecule has 0 N–H and O–H groups in total. The van der Waals surface area contributed by atoms with Gasteiger partial charge in [-0.2, -0.15) is 4.31 Å². The van der Waals surface area contributed by atoms with Crippen LogP contribution < -0.4 is 0 Å². The summed E-state index contributed by atoms with van der Waals surface area (Å²) in [6.45, 7) is 5.61. The maximum absolute atomic E-state index is 13.6. The molecule has 0 unspecified atom stereocenters. The molecule has 0 spiro atoms. The van der Waals surface area contributed by atoms with Crippen LogP contribution in [0.1, 0.15) is 28.7 Å². The molecular formula is C26H31ClN2O4S2. The topological polar surface area (TPSA) is 66.9 Å². The number of benzene rings is 2. The molecule has 3 aromatic rings. The van der Waals surface area contributed by atoms with Crippen molar-refractivity contribution in [2.75, 3.05) is 26.3 Å². The van der Waals surface area contributed by atoms with Crippen LogP contribution >= 0.6 is 22.9 Å². The SMILES string of the molecule is CCOCCCN(CC(=O)N(Cc1ccccc1)Cc1ccc(C)s1)S(=O)(=O)c1ccc(Cl)cc1. The van der Waals surface area contributed by atoms with E-state index in [1.807, 2.05) is 56.3 Å². The first-order valence-electron chi connectivity index (χ1n) is 11.5. The molecule has 3 rings (SSSR count).